The minimum Gasteiger partial charge on any atom is -0.381 e. The molecule has 2 aliphatic rings. The molecule has 2 fully saturated rings. The zero-order chi connectivity index (χ0) is 18.8. The van der Waals surface area contributed by atoms with Crippen molar-refractivity contribution in [3.8, 4) is 0 Å². The fourth-order valence-electron chi connectivity index (χ4n) is 3.30. The summed E-state index contributed by atoms with van der Waals surface area (Å²) in [6.07, 6.45) is -1.75. The second kappa shape index (κ2) is 7.79. The van der Waals surface area contributed by atoms with Gasteiger partial charge in [0.1, 0.15) is 10.6 Å². The van der Waals surface area contributed by atoms with Crippen LogP contribution in [0.3, 0.4) is 0 Å². The largest absolute Gasteiger partial charge is 0.433 e. The fourth-order valence-corrected chi connectivity index (χ4v) is 4.66. The number of hydrogen-bond acceptors (Lipinski definition) is 5. The molecule has 0 amide bonds. The summed E-state index contributed by atoms with van der Waals surface area (Å²) in [4.78, 5) is 5.29. The monoisotopic (exact) mass is 393 g/mol. The third-order valence-electron chi connectivity index (χ3n) is 4.85. The van der Waals surface area contributed by atoms with Crippen LogP contribution in [0.4, 0.5) is 13.2 Å². The van der Waals surface area contributed by atoms with Crippen molar-refractivity contribution in [2.24, 2.45) is 5.92 Å². The number of pyridine rings is 1. The van der Waals surface area contributed by atoms with Gasteiger partial charge < -0.3 is 9.64 Å². The quantitative estimate of drug-likeness (QED) is 0.781. The highest BCUT2D eigenvalue weighted by molar-refractivity contribution is 7.89. The maximum Gasteiger partial charge on any atom is 0.433 e. The molecular formula is C16H22F3N3O3S. The zero-order valence-electron chi connectivity index (χ0n) is 14.3. The molecule has 3 heterocycles. The summed E-state index contributed by atoms with van der Waals surface area (Å²) < 4.78 is 69.6. The summed E-state index contributed by atoms with van der Waals surface area (Å²) in [5.74, 6) is 0.575. The van der Waals surface area contributed by atoms with Crippen LogP contribution in [0.2, 0.25) is 0 Å². The Morgan fingerprint density at radius 3 is 2.31 bits per heavy atom. The number of nitrogens with zero attached hydrogens (tertiary/aromatic N) is 3. The molecule has 0 bridgehead atoms. The van der Waals surface area contributed by atoms with Crippen molar-refractivity contribution in [2.45, 2.75) is 23.9 Å². The van der Waals surface area contributed by atoms with E-state index in [0.29, 0.717) is 38.2 Å². The molecule has 2 saturated heterocycles. The van der Waals surface area contributed by atoms with Crippen LogP contribution < -0.4 is 0 Å². The molecule has 1 aromatic heterocycles. The molecule has 0 saturated carbocycles. The highest BCUT2D eigenvalue weighted by Crippen LogP contribution is 2.28. The number of aromatic nitrogens is 1. The number of rotatable bonds is 4. The zero-order valence-corrected chi connectivity index (χ0v) is 15.1. The Balaban J connectivity index is 1.59. The van der Waals surface area contributed by atoms with E-state index in [0.717, 1.165) is 44.9 Å². The number of halogens is 3. The van der Waals surface area contributed by atoms with Gasteiger partial charge in [-0.3, -0.25) is 4.98 Å². The Hall–Kier alpha value is -1.23. The summed E-state index contributed by atoms with van der Waals surface area (Å²) in [5.41, 5.74) is -1.10. The molecule has 0 unspecified atom stereocenters. The number of sulfonamides is 1. The van der Waals surface area contributed by atoms with Crippen LogP contribution in [0.25, 0.3) is 0 Å². The standard InChI is InChI=1S/C16H22F3N3O3S/c17-16(18,19)15-2-1-14(11-20-15)26(23,24)22-7-5-21(6-8-22)12-13-3-9-25-10-4-13/h1-2,11,13H,3-10,12H2. The van der Waals surface area contributed by atoms with Gasteiger partial charge in [0.2, 0.25) is 10.0 Å². The lowest BCUT2D eigenvalue weighted by Crippen LogP contribution is -2.50. The van der Waals surface area contributed by atoms with Gasteiger partial charge in [-0.25, -0.2) is 8.42 Å². The molecule has 3 rings (SSSR count). The first kappa shape index (κ1) is 19.5. The lowest BCUT2D eigenvalue weighted by Gasteiger charge is -2.36. The summed E-state index contributed by atoms with van der Waals surface area (Å²) in [5, 5.41) is 0. The van der Waals surface area contributed by atoms with E-state index in [1.807, 2.05) is 0 Å². The lowest BCUT2D eigenvalue weighted by atomic mass is 9.99. The molecule has 0 N–H and O–H groups in total. The van der Waals surface area contributed by atoms with E-state index in [2.05, 4.69) is 9.88 Å². The second-order valence-corrected chi connectivity index (χ2v) is 8.58. The first-order valence-electron chi connectivity index (χ1n) is 8.60. The number of ether oxygens (including phenoxy) is 1. The number of piperazine rings is 1. The predicted octanol–water partition coefficient (Wildman–Crippen LogP) is 1.83. The maximum atomic E-state index is 12.6. The van der Waals surface area contributed by atoms with Gasteiger partial charge in [0.05, 0.1) is 0 Å². The Morgan fingerprint density at radius 2 is 1.77 bits per heavy atom. The molecule has 146 valence electrons. The van der Waals surface area contributed by atoms with Crippen molar-refractivity contribution < 1.29 is 26.3 Å². The Bertz CT molecular complexity index is 696. The first-order chi connectivity index (χ1) is 12.3. The highest BCUT2D eigenvalue weighted by Gasteiger charge is 2.34. The molecule has 0 aromatic carbocycles. The van der Waals surface area contributed by atoms with Crippen LogP contribution in [-0.4, -0.2) is 68.5 Å². The van der Waals surface area contributed by atoms with Gasteiger partial charge >= 0.3 is 6.18 Å². The normalized spacial score (nSPS) is 21.8. The van der Waals surface area contributed by atoms with Crippen molar-refractivity contribution >= 4 is 10.0 Å². The Labute approximate surface area is 151 Å². The average Bonchev–Trinajstić information content (AvgIpc) is 2.62. The van der Waals surface area contributed by atoms with Crippen LogP contribution in [0, 0.1) is 5.92 Å². The average molecular weight is 393 g/mol. The van der Waals surface area contributed by atoms with Crippen molar-refractivity contribution in [3.05, 3.63) is 24.0 Å². The van der Waals surface area contributed by atoms with Crippen molar-refractivity contribution in [1.29, 1.82) is 0 Å². The van der Waals surface area contributed by atoms with Crippen LogP contribution in [-0.2, 0) is 20.9 Å². The molecule has 0 aliphatic carbocycles. The van der Waals surface area contributed by atoms with E-state index in [9.17, 15) is 21.6 Å². The molecule has 0 atom stereocenters. The van der Waals surface area contributed by atoms with Gasteiger partial charge in [0, 0.05) is 52.1 Å². The van der Waals surface area contributed by atoms with E-state index in [1.165, 1.54) is 4.31 Å². The van der Waals surface area contributed by atoms with Crippen LogP contribution in [0.1, 0.15) is 18.5 Å². The van der Waals surface area contributed by atoms with Crippen LogP contribution in [0.15, 0.2) is 23.2 Å². The highest BCUT2D eigenvalue weighted by atomic mass is 32.2. The lowest BCUT2D eigenvalue weighted by molar-refractivity contribution is -0.141. The van der Waals surface area contributed by atoms with Crippen LogP contribution in [0.5, 0.6) is 0 Å². The minimum absolute atomic E-state index is 0.205. The second-order valence-electron chi connectivity index (χ2n) is 6.64. The third-order valence-corrected chi connectivity index (χ3v) is 6.74. The Kier molecular flexibility index (Phi) is 5.85. The minimum atomic E-state index is -4.59. The van der Waals surface area contributed by atoms with Crippen molar-refractivity contribution in [3.63, 3.8) is 0 Å². The molecular weight excluding hydrogens is 371 g/mol. The number of alkyl halides is 3. The fraction of sp³-hybridized carbons (Fsp3) is 0.688. The summed E-state index contributed by atoms with van der Waals surface area (Å²) >= 11 is 0. The molecule has 10 heteroatoms. The third kappa shape index (κ3) is 4.54. The van der Waals surface area contributed by atoms with E-state index < -0.39 is 21.9 Å². The number of hydrogen-bond donors (Lipinski definition) is 0. The summed E-state index contributed by atoms with van der Waals surface area (Å²) in [6, 6.07) is 1.67. The predicted molar refractivity (Wildman–Crippen MR) is 88.0 cm³/mol. The van der Waals surface area contributed by atoms with Crippen LogP contribution >= 0.6 is 0 Å². The van der Waals surface area contributed by atoms with E-state index >= 15 is 0 Å². The van der Waals surface area contributed by atoms with Gasteiger partial charge in [-0.1, -0.05) is 0 Å². The Morgan fingerprint density at radius 1 is 1.12 bits per heavy atom. The smallest absolute Gasteiger partial charge is 0.381 e. The van der Waals surface area contributed by atoms with Crippen molar-refractivity contribution in [1.82, 2.24) is 14.2 Å². The van der Waals surface area contributed by atoms with Gasteiger partial charge in [-0.15, -0.1) is 0 Å². The molecule has 1 aromatic rings. The molecule has 6 nitrogen and oxygen atoms in total. The van der Waals surface area contributed by atoms with Gasteiger partial charge in [-0.05, 0) is 30.9 Å². The molecule has 26 heavy (non-hydrogen) atoms. The van der Waals surface area contributed by atoms with E-state index in [4.69, 9.17) is 4.74 Å². The van der Waals surface area contributed by atoms with Gasteiger partial charge in [0.15, 0.2) is 0 Å². The van der Waals surface area contributed by atoms with Gasteiger partial charge in [0.25, 0.3) is 0 Å². The molecule has 0 spiro atoms. The van der Waals surface area contributed by atoms with Crippen molar-refractivity contribution in [2.75, 3.05) is 45.9 Å². The molecule has 2 aliphatic heterocycles. The topological polar surface area (TPSA) is 62.7 Å². The maximum absolute atomic E-state index is 12.6. The van der Waals surface area contributed by atoms with E-state index in [-0.39, 0.29) is 4.90 Å². The van der Waals surface area contributed by atoms with Gasteiger partial charge in [-0.2, -0.15) is 17.5 Å². The first-order valence-corrected chi connectivity index (χ1v) is 10.0. The van der Waals surface area contributed by atoms with E-state index in [1.54, 1.807) is 0 Å². The molecule has 0 radical (unpaired) electrons. The SMILES string of the molecule is O=S(=O)(c1ccc(C(F)(F)F)nc1)N1CCN(CC2CCOCC2)CC1. The summed E-state index contributed by atoms with van der Waals surface area (Å²) in [6.45, 7) is 4.37. The summed E-state index contributed by atoms with van der Waals surface area (Å²) in [7, 11) is -3.82.